The molecule has 0 radical (unpaired) electrons. The average molecular weight is 241 g/mol. The fraction of sp³-hybridized carbons (Fsp3) is 0. The molecule has 2 aromatic carbocycles. The summed E-state index contributed by atoms with van der Waals surface area (Å²) in [6.45, 7) is 0. The van der Waals surface area contributed by atoms with Gasteiger partial charge in [-0.15, -0.1) is 0 Å². The molecule has 2 rings (SSSR count). The van der Waals surface area contributed by atoms with Crippen LogP contribution in [0.25, 0.3) is 6.08 Å². The summed E-state index contributed by atoms with van der Waals surface area (Å²) in [4.78, 5) is 11.6. The van der Waals surface area contributed by atoms with Crippen LogP contribution in [0.4, 0.5) is 10.1 Å². The molecule has 3 heteroatoms. The molecular formula is C15H12FNO. The number of rotatable bonds is 3. The van der Waals surface area contributed by atoms with Gasteiger partial charge in [0.15, 0.2) is 0 Å². The Morgan fingerprint density at radius 1 is 1.00 bits per heavy atom. The van der Waals surface area contributed by atoms with Crippen molar-refractivity contribution in [2.24, 2.45) is 0 Å². The van der Waals surface area contributed by atoms with Crippen LogP contribution in [-0.4, -0.2) is 5.91 Å². The summed E-state index contributed by atoms with van der Waals surface area (Å²) in [6, 6.07) is 15.1. The Hall–Kier alpha value is -2.42. The summed E-state index contributed by atoms with van der Waals surface area (Å²) in [5.41, 5.74) is 1.52. The van der Waals surface area contributed by atoms with Crippen molar-refractivity contribution in [3.63, 3.8) is 0 Å². The van der Waals surface area contributed by atoms with Crippen molar-refractivity contribution in [1.29, 1.82) is 0 Å². The highest BCUT2D eigenvalue weighted by Gasteiger charge is 1.96. The molecule has 0 saturated heterocycles. The van der Waals surface area contributed by atoms with E-state index in [2.05, 4.69) is 5.32 Å². The summed E-state index contributed by atoms with van der Waals surface area (Å²) in [6.07, 6.45) is 3.05. The molecule has 0 atom stereocenters. The Bertz CT molecular complexity index is 546. The van der Waals surface area contributed by atoms with E-state index in [0.29, 0.717) is 0 Å². The van der Waals surface area contributed by atoms with Crippen molar-refractivity contribution >= 4 is 17.7 Å². The van der Waals surface area contributed by atoms with Crippen molar-refractivity contribution in [1.82, 2.24) is 0 Å². The lowest BCUT2D eigenvalue weighted by Gasteiger charge is -2.00. The van der Waals surface area contributed by atoms with E-state index in [1.807, 2.05) is 30.3 Å². The molecule has 0 spiro atoms. The highest BCUT2D eigenvalue weighted by Crippen LogP contribution is 2.07. The van der Waals surface area contributed by atoms with E-state index < -0.39 is 0 Å². The number of carbonyl (C=O) groups is 1. The predicted molar refractivity (Wildman–Crippen MR) is 70.5 cm³/mol. The molecule has 0 aliphatic heterocycles. The first-order valence-corrected chi connectivity index (χ1v) is 5.54. The average Bonchev–Trinajstić information content (AvgIpc) is 2.39. The zero-order chi connectivity index (χ0) is 12.8. The van der Waals surface area contributed by atoms with Gasteiger partial charge in [0.1, 0.15) is 5.82 Å². The number of halogens is 1. The number of amides is 1. The topological polar surface area (TPSA) is 29.1 Å². The van der Waals surface area contributed by atoms with E-state index in [1.54, 1.807) is 18.2 Å². The van der Waals surface area contributed by atoms with Gasteiger partial charge in [-0.2, -0.15) is 0 Å². The summed E-state index contributed by atoms with van der Waals surface area (Å²) in [5.74, 6) is -0.508. The van der Waals surface area contributed by atoms with Crippen LogP contribution in [-0.2, 0) is 4.79 Å². The Morgan fingerprint density at radius 3 is 2.33 bits per heavy atom. The highest BCUT2D eigenvalue weighted by molar-refractivity contribution is 6.01. The third-order valence-electron chi connectivity index (χ3n) is 2.34. The minimum Gasteiger partial charge on any atom is -0.323 e. The lowest BCUT2D eigenvalue weighted by molar-refractivity contribution is -0.111. The summed E-state index contributed by atoms with van der Waals surface area (Å²) >= 11 is 0. The fourth-order valence-corrected chi connectivity index (χ4v) is 1.45. The summed E-state index contributed by atoms with van der Waals surface area (Å²) in [5, 5.41) is 2.72. The molecule has 0 saturated carbocycles. The van der Waals surface area contributed by atoms with Crippen molar-refractivity contribution < 1.29 is 9.18 Å². The van der Waals surface area contributed by atoms with Crippen LogP contribution < -0.4 is 5.32 Å². The van der Waals surface area contributed by atoms with Gasteiger partial charge in [-0.25, -0.2) is 4.39 Å². The molecule has 0 unspecified atom stereocenters. The standard InChI is InChI=1S/C15H12FNO/c16-13-9-6-12(7-10-13)8-11-15(18)17-14-4-2-1-3-5-14/h1-11H,(H,17,18). The molecule has 2 aromatic rings. The van der Waals surface area contributed by atoms with Crippen molar-refractivity contribution in [2.75, 3.05) is 5.32 Å². The number of hydrogen-bond donors (Lipinski definition) is 1. The minimum absolute atomic E-state index is 0.217. The zero-order valence-electron chi connectivity index (χ0n) is 9.64. The van der Waals surface area contributed by atoms with Crippen LogP contribution in [0.15, 0.2) is 60.7 Å². The van der Waals surface area contributed by atoms with Crippen LogP contribution in [0.2, 0.25) is 0 Å². The van der Waals surface area contributed by atoms with E-state index in [1.165, 1.54) is 18.2 Å². The summed E-state index contributed by atoms with van der Waals surface area (Å²) < 4.78 is 12.7. The second kappa shape index (κ2) is 5.77. The van der Waals surface area contributed by atoms with Gasteiger partial charge in [0.25, 0.3) is 0 Å². The smallest absolute Gasteiger partial charge is 0.248 e. The fourth-order valence-electron chi connectivity index (χ4n) is 1.45. The monoisotopic (exact) mass is 241 g/mol. The van der Waals surface area contributed by atoms with Crippen molar-refractivity contribution in [3.8, 4) is 0 Å². The maximum absolute atomic E-state index is 12.7. The predicted octanol–water partition coefficient (Wildman–Crippen LogP) is 3.48. The lowest BCUT2D eigenvalue weighted by atomic mass is 10.2. The molecule has 0 fully saturated rings. The number of carbonyl (C=O) groups excluding carboxylic acids is 1. The zero-order valence-corrected chi connectivity index (χ0v) is 9.64. The lowest BCUT2D eigenvalue weighted by Crippen LogP contribution is -2.07. The van der Waals surface area contributed by atoms with Crippen LogP contribution in [0.3, 0.4) is 0 Å². The third kappa shape index (κ3) is 3.56. The Kier molecular flexibility index (Phi) is 3.86. The van der Waals surface area contributed by atoms with Gasteiger partial charge in [0.2, 0.25) is 5.91 Å². The first kappa shape index (κ1) is 12.0. The molecule has 1 N–H and O–H groups in total. The van der Waals surface area contributed by atoms with Gasteiger partial charge >= 0.3 is 0 Å². The molecule has 0 aliphatic rings. The highest BCUT2D eigenvalue weighted by atomic mass is 19.1. The minimum atomic E-state index is -0.291. The molecule has 0 aliphatic carbocycles. The van der Waals surface area contributed by atoms with Gasteiger partial charge in [-0.3, -0.25) is 4.79 Å². The van der Waals surface area contributed by atoms with E-state index in [0.717, 1.165) is 11.3 Å². The molecule has 90 valence electrons. The number of anilines is 1. The van der Waals surface area contributed by atoms with Crippen molar-refractivity contribution in [2.45, 2.75) is 0 Å². The molecule has 0 bridgehead atoms. The van der Waals surface area contributed by atoms with Gasteiger partial charge in [-0.05, 0) is 35.9 Å². The van der Waals surface area contributed by atoms with Crippen LogP contribution in [0.5, 0.6) is 0 Å². The van der Waals surface area contributed by atoms with Gasteiger partial charge in [-0.1, -0.05) is 30.3 Å². The van der Waals surface area contributed by atoms with Crippen LogP contribution in [0, 0.1) is 5.82 Å². The normalized spacial score (nSPS) is 10.5. The van der Waals surface area contributed by atoms with Gasteiger partial charge < -0.3 is 5.32 Å². The Balaban J connectivity index is 1.97. The van der Waals surface area contributed by atoms with Crippen LogP contribution >= 0.6 is 0 Å². The third-order valence-corrected chi connectivity index (χ3v) is 2.34. The molecular weight excluding hydrogens is 229 g/mol. The van der Waals surface area contributed by atoms with Crippen LogP contribution in [0.1, 0.15) is 5.56 Å². The van der Waals surface area contributed by atoms with Gasteiger partial charge in [0, 0.05) is 11.8 Å². The molecule has 2 nitrogen and oxygen atoms in total. The number of para-hydroxylation sites is 1. The summed E-state index contributed by atoms with van der Waals surface area (Å²) in [7, 11) is 0. The number of nitrogens with one attached hydrogen (secondary N) is 1. The maximum Gasteiger partial charge on any atom is 0.248 e. The van der Waals surface area contributed by atoms with E-state index in [4.69, 9.17) is 0 Å². The van der Waals surface area contributed by atoms with E-state index in [9.17, 15) is 9.18 Å². The maximum atomic E-state index is 12.7. The molecule has 0 heterocycles. The Labute approximate surface area is 105 Å². The Morgan fingerprint density at radius 2 is 1.67 bits per heavy atom. The number of benzene rings is 2. The van der Waals surface area contributed by atoms with Crippen molar-refractivity contribution in [3.05, 3.63) is 72.1 Å². The molecule has 18 heavy (non-hydrogen) atoms. The number of hydrogen-bond acceptors (Lipinski definition) is 1. The first-order chi connectivity index (χ1) is 8.74. The second-order valence-electron chi connectivity index (χ2n) is 3.74. The SMILES string of the molecule is O=C(C=Cc1ccc(F)cc1)Nc1ccccc1. The largest absolute Gasteiger partial charge is 0.323 e. The van der Waals surface area contributed by atoms with Gasteiger partial charge in [0.05, 0.1) is 0 Å². The second-order valence-corrected chi connectivity index (χ2v) is 3.74. The molecule has 0 aromatic heterocycles. The van der Waals surface area contributed by atoms with E-state index in [-0.39, 0.29) is 11.7 Å². The quantitative estimate of drug-likeness (QED) is 0.819. The molecule has 1 amide bonds. The van der Waals surface area contributed by atoms with E-state index >= 15 is 0 Å². The first-order valence-electron chi connectivity index (χ1n) is 5.54.